The zero-order chi connectivity index (χ0) is 23.7. The third-order valence-electron chi connectivity index (χ3n) is 5.22. The van der Waals surface area contributed by atoms with Gasteiger partial charge in [0, 0.05) is 17.7 Å². The Balaban J connectivity index is 1.76. The summed E-state index contributed by atoms with van der Waals surface area (Å²) in [5.41, 5.74) is -2.54. The number of benzene rings is 2. The van der Waals surface area contributed by atoms with Crippen molar-refractivity contribution in [2.45, 2.75) is 43.5 Å². The normalized spacial score (nSPS) is 16.8. The minimum atomic E-state index is -4.52. The number of carbonyl (C=O) groups is 1. The topological polar surface area (TPSA) is 67.8 Å². The van der Waals surface area contributed by atoms with E-state index in [-0.39, 0.29) is 17.1 Å². The average Bonchev–Trinajstić information content (AvgIpc) is 3.45. The van der Waals surface area contributed by atoms with Gasteiger partial charge in [0.25, 0.3) is 0 Å². The summed E-state index contributed by atoms with van der Waals surface area (Å²) >= 11 is 0. The van der Waals surface area contributed by atoms with E-state index in [9.17, 15) is 31.9 Å². The Morgan fingerprint density at radius 1 is 1.12 bits per heavy atom. The monoisotopic (exact) mass is 459 g/mol. The Labute approximate surface area is 181 Å². The van der Waals surface area contributed by atoms with Crippen molar-refractivity contribution >= 4 is 5.91 Å². The number of hydrogen-bond acceptors (Lipinski definition) is 4. The van der Waals surface area contributed by atoms with Gasteiger partial charge in [0.05, 0.1) is 24.7 Å². The van der Waals surface area contributed by atoms with E-state index in [1.54, 1.807) is 6.07 Å². The van der Waals surface area contributed by atoms with Crippen molar-refractivity contribution in [3.8, 4) is 11.5 Å². The highest BCUT2D eigenvalue weighted by Crippen LogP contribution is 2.48. The molecule has 1 amide bonds. The molecule has 0 heterocycles. The van der Waals surface area contributed by atoms with Crippen LogP contribution < -0.4 is 14.8 Å². The first kappa shape index (κ1) is 23.8. The van der Waals surface area contributed by atoms with E-state index in [0.29, 0.717) is 24.5 Å². The number of halogens is 5. The maximum atomic E-state index is 14.1. The number of amides is 1. The van der Waals surface area contributed by atoms with Gasteiger partial charge in [0.1, 0.15) is 23.1 Å². The molecular formula is C22H22F5NO4. The molecule has 2 aromatic carbocycles. The van der Waals surface area contributed by atoms with Crippen LogP contribution >= 0.6 is 0 Å². The van der Waals surface area contributed by atoms with E-state index in [4.69, 9.17) is 9.47 Å². The second kappa shape index (κ2) is 8.57. The molecule has 0 aliphatic heterocycles. The number of rotatable bonds is 8. The van der Waals surface area contributed by atoms with Gasteiger partial charge in [0.15, 0.2) is 6.61 Å². The minimum absolute atomic E-state index is 0.0717. The predicted octanol–water partition coefficient (Wildman–Crippen LogP) is 4.32. The minimum Gasteiger partial charge on any atom is -0.497 e. The standard InChI is InChI=1S/C22H22F5NO4/c1-20(30,17-4-3-14(23)9-18(17)24)11-19(29)28-21(5-6-21)13-7-15(31-2)10-16(8-13)32-12-22(25,26)27/h3-4,7-10,30H,5-6,11-12H2,1-2H3,(H,28,29)/t20-/m1/s1. The quantitative estimate of drug-likeness (QED) is 0.578. The number of methoxy groups -OCH3 is 1. The lowest BCUT2D eigenvalue weighted by Gasteiger charge is -2.26. The van der Waals surface area contributed by atoms with Gasteiger partial charge < -0.3 is 19.9 Å². The molecule has 1 aliphatic rings. The second-order valence-corrected chi connectivity index (χ2v) is 8.01. The molecule has 0 bridgehead atoms. The van der Waals surface area contributed by atoms with Gasteiger partial charge in [-0.05, 0) is 43.5 Å². The summed E-state index contributed by atoms with van der Waals surface area (Å²) in [6.07, 6.45) is -4.04. The maximum Gasteiger partial charge on any atom is 0.422 e. The van der Waals surface area contributed by atoms with E-state index in [0.717, 1.165) is 12.1 Å². The first-order valence-electron chi connectivity index (χ1n) is 9.72. The van der Waals surface area contributed by atoms with Gasteiger partial charge in [-0.25, -0.2) is 8.78 Å². The molecule has 1 fully saturated rings. The Morgan fingerprint density at radius 2 is 1.78 bits per heavy atom. The van der Waals surface area contributed by atoms with Crippen molar-refractivity contribution in [3.63, 3.8) is 0 Å². The lowest BCUT2D eigenvalue weighted by Crippen LogP contribution is -2.39. The van der Waals surface area contributed by atoms with Crippen molar-refractivity contribution in [2.75, 3.05) is 13.7 Å². The van der Waals surface area contributed by atoms with Crippen LogP contribution in [0.3, 0.4) is 0 Å². The molecule has 32 heavy (non-hydrogen) atoms. The number of hydrogen-bond donors (Lipinski definition) is 2. The second-order valence-electron chi connectivity index (χ2n) is 8.01. The summed E-state index contributed by atoms with van der Waals surface area (Å²) in [7, 11) is 1.35. The first-order chi connectivity index (χ1) is 14.8. The Kier molecular flexibility index (Phi) is 6.37. The molecule has 1 aliphatic carbocycles. The van der Waals surface area contributed by atoms with Gasteiger partial charge in [0.2, 0.25) is 5.91 Å². The molecule has 0 spiro atoms. The highest BCUT2D eigenvalue weighted by molar-refractivity contribution is 5.79. The molecule has 2 N–H and O–H groups in total. The average molecular weight is 459 g/mol. The Bertz CT molecular complexity index is 1000. The first-order valence-corrected chi connectivity index (χ1v) is 9.72. The van der Waals surface area contributed by atoms with Crippen molar-refractivity contribution < 1.29 is 41.3 Å². The van der Waals surface area contributed by atoms with E-state index >= 15 is 0 Å². The summed E-state index contributed by atoms with van der Waals surface area (Å²) in [6, 6.07) is 6.92. The van der Waals surface area contributed by atoms with Crippen molar-refractivity contribution in [3.05, 3.63) is 59.2 Å². The summed E-state index contributed by atoms with van der Waals surface area (Å²) in [4.78, 5) is 12.7. The third-order valence-corrected chi connectivity index (χ3v) is 5.22. The number of ether oxygens (including phenoxy) is 2. The lowest BCUT2D eigenvalue weighted by molar-refractivity contribution is -0.153. The van der Waals surface area contributed by atoms with Crippen LogP contribution in [-0.4, -0.2) is 30.9 Å². The van der Waals surface area contributed by atoms with Crippen molar-refractivity contribution in [2.24, 2.45) is 0 Å². The summed E-state index contributed by atoms with van der Waals surface area (Å²) in [5, 5.41) is 13.4. The molecule has 2 aromatic rings. The number of aliphatic hydroxyl groups is 1. The van der Waals surface area contributed by atoms with Crippen LogP contribution in [0.2, 0.25) is 0 Å². The Morgan fingerprint density at radius 3 is 2.34 bits per heavy atom. The van der Waals surface area contributed by atoms with E-state index in [2.05, 4.69) is 5.32 Å². The molecule has 0 unspecified atom stereocenters. The fourth-order valence-corrected chi connectivity index (χ4v) is 3.47. The number of alkyl halides is 3. The van der Waals surface area contributed by atoms with Gasteiger partial charge in [-0.2, -0.15) is 13.2 Å². The molecule has 10 heteroatoms. The van der Waals surface area contributed by atoms with E-state index in [1.165, 1.54) is 26.2 Å². The third kappa shape index (κ3) is 5.67. The highest BCUT2D eigenvalue weighted by Gasteiger charge is 2.47. The molecule has 0 saturated heterocycles. The largest absolute Gasteiger partial charge is 0.497 e. The van der Waals surface area contributed by atoms with Crippen LogP contribution in [0.5, 0.6) is 11.5 Å². The molecule has 1 atom stereocenters. The molecule has 3 rings (SSSR count). The Hall–Kier alpha value is -2.88. The van der Waals surface area contributed by atoms with Crippen LogP contribution in [0.4, 0.5) is 22.0 Å². The van der Waals surface area contributed by atoms with Crippen LogP contribution in [-0.2, 0) is 15.9 Å². The SMILES string of the molecule is COc1cc(OCC(F)(F)F)cc(C2(NC(=O)C[C@@](C)(O)c3ccc(F)cc3F)CC2)c1. The number of nitrogens with one attached hydrogen (secondary N) is 1. The van der Waals surface area contributed by atoms with Gasteiger partial charge >= 0.3 is 6.18 Å². The van der Waals surface area contributed by atoms with Crippen LogP contribution in [0.25, 0.3) is 0 Å². The van der Waals surface area contributed by atoms with Gasteiger partial charge in [-0.1, -0.05) is 6.07 Å². The molecular weight excluding hydrogens is 437 g/mol. The van der Waals surface area contributed by atoms with Crippen molar-refractivity contribution in [1.82, 2.24) is 5.32 Å². The molecule has 1 saturated carbocycles. The zero-order valence-electron chi connectivity index (χ0n) is 17.4. The fourth-order valence-electron chi connectivity index (χ4n) is 3.47. The van der Waals surface area contributed by atoms with Crippen LogP contribution in [0.15, 0.2) is 36.4 Å². The molecule has 0 aromatic heterocycles. The lowest BCUT2D eigenvalue weighted by atomic mass is 9.91. The predicted molar refractivity (Wildman–Crippen MR) is 104 cm³/mol. The smallest absolute Gasteiger partial charge is 0.422 e. The van der Waals surface area contributed by atoms with Crippen LogP contribution in [0.1, 0.15) is 37.3 Å². The molecule has 174 valence electrons. The zero-order valence-corrected chi connectivity index (χ0v) is 17.4. The summed E-state index contributed by atoms with van der Waals surface area (Å²) in [5.74, 6) is -2.23. The van der Waals surface area contributed by atoms with E-state index < -0.39 is 47.9 Å². The number of carbonyl (C=O) groups excluding carboxylic acids is 1. The maximum absolute atomic E-state index is 14.1. The summed E-state index contributed by atoms with van der Waals surface area (Å²) in [6.45, 7) is -0.248. The van der Waals surface area contributed by atoms with E-state index in [1.807, 2.05) is 0 Å². The van der Waals surface area contributed by atoms with Gasteiger partial charge in [-0.15, -0.1) is 0 Å². The molecule has 0 radical (unpaired) electrons. The van der Waals surface area contributed by atoms with Crippen molar-refractivity contribution in [1.29, 1.82) is 0 Å². The van der Waals surface area contributed by atoms with Crippen LogP contribution in [0, 0.1) is 11.6 Å². The summed E-state index contributed by atoms with van der Waals surface area (Å²) < 4.78 is 74.7. The molecule has 5 nitrogen and oxygen atoms in total. The highest BCUT2D eigenvalue weighted by atomic mass is 19.4. The van der Waals surface area contributed by atoms with Gasteiger partial charge in [-0.3, -0.25) is 4.79 Å². The fraction of sp³-hybridized carbons (Fsp3) is 0.409.